The van der Waals surface area contributed by atoms with Crippen molar-refractivity contribution in [2.24, 2.45) is 5.92 Å². The van der Waals surface area contributed by atoms with Gasteiger partial charge in [0.1, 0.15) is 5.92 Å². The summed E-state index contributed by atoms with van der Waals surface area (Å²) in [5.74, 6) is -4.81. The van der Waals surface area contributed by atoms with Gasteiger partial charge in [-0.15, -0.1) is 0 Å². The maximum Gasteiger partial charge on any atom is 0.321 e. The lowest BCUT2D eigenvalue weighted by Crippen LogP contribution is -2.37. The van der Waals surface area contributed by atoms with Crippen LogP contribution < -0.4 is 0 Å². The molecule has 0 amide bonds. The molecular formula is C16H20O6. The first-order chi connectivity index (χ1) is 10.6. The van der Waals surface area contributed by atoms with Crippen molar-refractivity contribution in [2.75, 3.05) is 20.3 Å². The lowest BCUT2D eigenvalue weighted by Gasteiger charge is -2.22. The van der Waals surface area contributed by atoms with E-state index in [1.807, 2.05) is 0 Å². The molecule has 0 N–H and O–H groups in total. The highest BCUT2D eigenvalue weighted by Crippen LogP contribution is 2.28. The van der Waals surface area contributed by atoms with Gasteiger partial charge in [0.15, 0.2) is 5.92 Å². The van der Waals surface area contributed by atoms with Gasteiger partial charge >= 0.3 is 17.9 Å². The van der Waals surface area contributed by atoms with Crippen LogP contribution in [0.4, 0.5) is 0 Å². The molecule has 6 heteroatoms. The molecule has 0 heterocycles. The van der Waals surface area contributed by atoms with Gasteiger partial charge in [-0.05, 0) is 19.4 Å². The zero-order valence-electron chi connectivity index (χ0n) is 12.9. The standard InChI is InChI=1S/C16H20O6/c1-4-21-15(18)12(11-9-7-6-8-10-11)13(14(17)20-3)16(19)22-5-2/h6-10,12-13H,4-5H2,1-3H3. The van der Waals surface area contributed by atoms with Gasteiger partial charge in [0.05, 0.1) is 20.3 Å². The van der Waals surface area contributed by atoms with E-state index in [0.717, 1.165) is 7.11 Å². The highest BCUT2D eigenvalue weighted by molar-refractivity contribution is 6.01. The van der Waals surface area contributed by atoms with Gasteiger partial charge < -0.3 is 14.2 Å². The minimum atomic E-state index is -1.40. The van der Waals surface area contributed by atoms with Gasteiger partial charge in [-0.2, -0.15) is 0 Å². The second kappa shape index (κ2) is 8.81. The Labute approximate surface area is 129 Å². The minimum absolute atomic E-state index is 0.0939. The van der Waals surface area contributed by atoms with Crippen LogP contribution in [-0.4, -0.2) is 38.2 Å². The van der Waals surface area contributed by atoms with Crippen molar-refractivity contribution in [1.82, 2.24) is 0 Å². The molecule has 0 saturated heterocycles. The third kappa shape index (κ3) is 4.31. The van der Waals surface area contributed by atoms with Crippen molar-refractivity contribution in [3.05, 3.63) is 35.9 Å². The second-order valence-electron chi connectivity index (χ2n) is 4.39. The summed E-state index contributed by atoms with van der Waals surface area (Å²) in [7, 11) is 1.15. The Hall–Kier alpha value is -2.37. The van der Waals surface area contributed by atoms with Crippen LogP contribution in [0.1, 0.15) is 25.3 Å². The number of carbonyl (C=O) groups is 3. The van der Waals surface area contributed by atoms with E-state index in [4.69, 9.17) is 9.47 Å². The molecule has 2 unspecified atom stereocenters. The van der Waals surface area contributed by atoms with Crippen LogP contribution in [0, 0.1) is 5.92 Å². The molecule has 1 aromatic rings. The fourth-order valence-corrected chi connectivity index (χ4v) is 2.08. The molecule has 22 heavy (non-hydrogen) atoms. The molecule has 0 bridgehead atoms. The number of rotatable bonds is 7. The molecule has 0 radical (unpaired) electrons. The summed E-state index contributed by atoms with van der Waals surface area (Å²) in [5, 5.41) is 0. The summed E-state index contributed by atoms with van der Waals surface area (Å²) < 4.78 is 14.6. The van der Waals surface area contributed by atoms with Gasteiger partial charge in [0.25, 0.3) is 0 Å². The van der Waals surface area contributed by atoms with E-state index in [2.05, 4.69) is 4.74 Å². The van der Waals surface area contributed by atoms with Crippen LogP contribution in [0.15, 0.2) is 30.3 Å². The normalized spacial score (nSPS) is 12.9. The van der Waals surface area contributed by atoms with Gasteiger partial charge in [-0.25, -0.2) is 0 Å². The molecule has 1 rings (SSSR count). The van der Waals surface area contributed by atoms with E-state index in [0.29, 0.717) is 5.56 Å². The van der Waals surface area contributed by atoms with Crippen molar-refractivity contribution in [2.45, 2.75) is 19.8 Å². The zero-order valence-corrected chi connectivity index (χ0v) is 12.9. The number of carbonyl (C=O) groups excluding carboxylic acids is 3. The summed E-state index contributed by atoms with van der Waals surface area (Å²) >= 11 is 0. The topological polar surface area (TPSA) is 78.9 Å². The van der Waals surface area contributed by atoms with E-state index in [1.165, 1.54) is 0 Å². The number of hydrogen-bond acceptors (Lipinski definition) is 6. The molecule has 0 spiro atoms. The fraction of sp³-hybridized carbons (Fsp3) is 0.438. The molecular weight excluding hydrogens is 288 g/mol. The Balaban J connectivity index is 3.27. The number of ether oxygens (including phenoxy) is 3. The van der Waals surface area contributed by atoms with E-state index in [1.54, 1.807) is 44.2 Å². The van der Waals surface area contributed by atoms with Crippen LogP contribution >= 0.6 is 0 Å². The van der Waals surface area contributed by atoms with Gasteiger partial charge in [-0.1, -0.05) is 30.3 Å². The quantitative estimate of drug-likeness (QED) is 0.433. The van der Waals surface area contributed by atoms with Crippen molar-refractivity contribution >= 4 is 17.9 Å². The number of esters is 3. The smallest absolute Gasteiger partial charge is 0.321 e. The predicted octanol–water partition coefficient (Wildman–Crippen LogP) is 1.69. The summed E-state index contributed by atoms with van der Waals surface area (Å²) in [6.45, 7) is 3.50. The summed E-state index contributed by atoms with van der Waals surface area (Å²) in [6.07, 6.45) is 0. The van der Waals surface area contributed by atoms with Gasteiger partial charge in [0, 0.05) is 0 Å². The fourth-order valence-electron chi connectivity index (χ4n) is 2.08. The molecule has 0 aliphatic heterocycles. The number of benzene rings is 1. The molecule has 0 saturated carbocycles. The molecule has 0 aliphatic carbocycles. The minimum Gasteiger partial charge on any atom is -0.468 e. The predicted molar refractivity (Wildman–Crippen MR) is 78.0 cm³/mol. The number of methoxy groups -OCH3 is 1. The van der Waals surface area contributed by atoms with E-state index in [9.17, 15) is 14.4 Å². The lowest BCUT2D eigenvalue weighted by molar-refractivity contribution is -0.167. The molecule has 0 aromatic heterocycles. The second-order valence-corrected chi connectivity index (χ2v) is 4.39. The Morgan fingerprint density at radius 3 is 1.95 bits per heavy atom. The van der Waals surface area contributed by atoms with Crippen molar-refractivity contribution < 1.29 is 28.6 Å². The lowest BCUT2D eigenvalue weighted by atomic mass is 9.86. The average molecular weight is 308 g/mol. The third-order valence-corrected chi connectivity index (χ3v) is 3.03. The Kier molecular flexibility index (Phi) is 7.08. The van der Waals surface area contributed by atoms with E-state index in [-0.39, 0.29) is 13.2 Å². The molecule has 0 fully saturated rings. The highest BCUT2D eigenvalue weighted by atomic mass is 16.6. The van der Waals surface area contributed by atoms with Crippen LogP contribution in [0.25, 0.3) is 0 Å². The first-order valence-corrected chi connectivity index (χ1v) is 7.02. The van der Waals surface area contributed by atoms with Crippen LogP contribution in [0.3, 0.4) is 0 Å². The van der Waals surface area contributed by atoms with E-state index >= 15 is 0 Å². The molecule has 0 aliphatic rings. The molecule has 6 nitrogen and oxygen atoms in total. The maximum absolute atomic E-state index is 12.3. The van der Waals surface area contributed by atoms with E-state index < -0.39 is 29.7 Å². The average Bonchev–Trinajstić information content (AvgIpc) is 2.52. The van der Waals surface area contributed by atoms with Crippen LogP contribution in [-0.2, 0) is 28.6 Å². The Morgan fingerprint density at radius 2 is 1.45 bits per heavy atom. The largest absolute Gasteiger partial charge is 0.468 e. The Morgan fingerprint density at radius 1 is 0.909 bits per heavy atom. The Bertz CT molecular complexity index is 511. The SMILES string of the molecule is CCOC(=O)C(C(=O)OC)C(C(=O)OCC)c1ccccc1. The van der Waals surface area contributed by atoms with Gasteiger partial charge in [0.2, 0.25) is 0 Å². The highest BCUT2D eigenvalue weighted by Gasteiger charge is 2.43. The molecule has 1 aromatic carbocycles. The first-order valence-electron chi connectivity index (χ1n) is 7.02. The van der Waals surface area contributed by atoms with Crippen LogP contribution in [0.5, 0.6) is 0 Å². The third-order valence-electron chi connectivity index (χ3n) is 3.03. The summed E-state index contributed by atoms with van der Waals surface area (Å²) in [5.41, 5.74) is 0.490. The zero-order chi connectivity index (χ0) is 16.5. The van der Waals surface area contributed by atoms with Crippen molar-refractivity contribution in [3.8, 4) is 0 Å². The summed E-state index contributed by atoms with van der Waals surface area (Å²) in [4.78, 5) is 36.4. The molecule has 2 atom stereocenters. The number of hydrogen-bond donors (Lipinski definition) is 0. The monoisotopic (exact) mass is 308 g/mol. The van der Waals surface area contributed by atoms with Crippen LogP contribution in [0.2, 0.25) is 0 Å². The molecule has 120 valence electrons. The van der Waals surface area contributed by atoms with Crippen molar-refractivity contribution in [1.29, 1.82) is 0 Å². The van der Waals surface area contributed by atoms with Crippen molar-refractivity contribution in [3.63, 3.8) is 0 Å². The first kappa shape index (κ1) is 17.7. The van der Waals surface area contributed by atoms with Gasteiger partial charge in [-0.3, -0.25) is 14.4 Å². The maximum atomic E-state index is 12.3. The summed E-state index contributed by atoms with van der Waals surface area (Å²) in [6, 6.07) is 8.48.